The minimum atomic E-state index is -0.300. The predicted octanol–water partition coefficient (Wildman–Crippen LogP) is 3.20. The molecule has 2 aromatic carbocycles. The van der Waals surface area contributed by atoms with Gasteiger partial charge < -0.3 is 0 Å². The van der Waals surface area contributed by atoms with Crippen LogP contribution < -0.4 is 5.69 Å². The highest BCUT2D eigenvalue weighted by Crippen LogP contribution is 2.35. The van der Waals surface area contributed by atoms with Crippen LogP contribution in [0.3, 0.4) is 0 Å². The molecule has 118 valence electrons. The van der Waals surface area contributed by atoms with Gasteiger partial charge >= 0.3 is 5.69 Å². The molecule has 1 unspecified atom stereocenters. The molecule has 0 radical (unpaired) electrons. The normalized spacial score (nSPS) is 12.3. The first-order valence-corrected chi connectivity index (χ1v) is 8.74. The summed E-state index contributed by atoms with van der Waals surface area (Å²) in [6.45, 7) is 0. The molecule has 0 amide bonds. The summed E-state index contributed by atoms with van der Waals surface area (Å²) in [5.41, 5.74) is 2.04. The molecule has 2 heterocycles. The Morgan fingerprint density at radius 1 is 1.00 bits per heavy atom. The van der Waals surface area contributed by atoms with Gasteiger partial charge in [0.1, 0.15) is 0 Å². The minimum Gasteiger partial charge on any atom is -0.296 e. The highest BCUT2D eigenvalue weighted by Gasteiger charge is 2.10. The fourth-order valence-electron chi connectivity index (χ4n) is 2.55. The number of nitrogens with zero attached hydrogens (tertiary/aromatic N) is 3. The molecule has 2 aromatic heterocycles. The molecule has 24 heavy (non-hydrogen) atoms. The standard InChI is InChI=1S/C18H14N4OS/c1-24(14-5-3-2-4-6-14)15-9-7-13(8-10-15)16-11-21-22-17(16)19-12-20-18(22)23/h2-12H,1H2,(H,19,20,23). The SMILES string of the molecule is C=S(c1ccccc1)c1ccc(-c2cnn3c(=O)[nH]cnc23)cc1. The summed E-state index contributed by atoms with van der Waals surface area (Å²) >= 11 is 0. The van der Waals surface area contributed by atoms with Crippen LogP contribution in [-0.4, -0.2) is 25.5 Å². The average Bonchev–Trinajstić information content (AvgIpc) is 3.07. The number of hydrogen-bond donors (Lipinski definition) is 1. The van der Waals surface area contributed by atoms with Crippen LogP contribution in [0.1, 0.15) is 0 Å². The summed E-state index contributed by atoms with van der Waals surface area (Å²) in [4.78, 5) is 20.8. The van der Waals surface area contributed by atoms with Gasteiger partial charge in [-0.15, -0.1) is 10.5 Å². The monoisotopic (exact) mass is 334 g/mol. The average molecular weight is 334 g/mol. The van der Waals surface area contributed by atoms with E-state index in [0.29, 0.717) is 5.65 Å². The summed E-state index contributed by atoms with van der Waals surface area (Å²) in [5.74, 6) is 4.29. The Bertz CT molecular complexity index is 1080. The third kappa shape index (κ3) is 2.47. The quantitative estimate of drug-likeness (QED) is 0.585. The first-order valence-electron chi connectivity index (χ1n) is 7.35. The first kappa shape index (κ1) is 14.6. The molecular weight excluding hydrogens is 320 g/mol. The third-order valence-corrected chi connectivity index (χ3v) is 5.47. The van der Waals surface area contributed by atoms with E-state index in [1.165, 1.54) is 15.7 Å². The molecule has 0 fully saturated rings. The lowest BCUT2D eigenvalue weighted by atomic mass is 10.1. The molecule has 0 aliphatic heterocycles. The van der Waals surface area contributed by atoms with Gasteiger partial charge in [0, 0.05) is 15.4 Å². The molecule has 0 saturated carbocycles. The zero-order chi connectivity index (χ0) is 16.5. The van der Waals surface area contributed by atoms with E-state index in [4.69, 9.17) is 0 Å². The molecule has 4 aromatic rings. The van der Waals surface area contributed by atoms with Crippen molar-refractivity contribution in [2.45, 2.75) is 9.79 Å². The zero-order valence-electron chi connectivity index (χ0n) is 12.7. The molecule has 6 heteroatoms. The van der Waals surface area contributed by atoms with E-state index in [1.54, 1.807) is 6.20 Å². The first-order chi connectivity index (χ1) is 11.7. The topological polar surface area (TPSA) is 63.1 Å². The van der Waals surface area contributed by atoms with E-state index < -0.39 is 0 Å². The van der Waals surface area contributed by atoms with Gasteiger partial charge in [-0.25, -0.2) is 9.78 Å². The molecular formula is C18H14N4OS. The number of fused-ring (bicyclic) bond motifs is 1. The number of nitrogens with one attached hydrogen (secondary N) is 1. The van der Waals surface area contributed by atoms with Crippen molar-refractivity contribution in [2.24, 2.45) is 0 Å². The molecule has 5 nitrogen and oxygen atoms in total. The maximum absolute atomic E-state index is 11.7. The second-order valence-corrected chi connectivity index (χ2v) is 6.95. The Balaban J connectivity index is 1.72. The van der Waals surface area contributed by atoms with Gasteiger partial charge in [-0.1, -0.05) is 36.2 Å². The van der Waals surface area contributed by atoms with Crippen LogP contribution in [0.25, 0.3) is 16.8 Å². The fraction of sp³-hybridized carbons (Fsp3) is 0. The maximum Gasteiger partial charge on any atom is 0.349 e. The van der Waals surface area contributed by atoms with E-state index in [9.17, 15) is 4.79 Å². The number of aromatic nitrogens is 4. The van der Waals surface area contributed by atoms with E-state index in [-0.39, 0.29) is 16.2 Å². The Hall–Kier alpha value is -2.99. The van der Waals surface area contributed by atoms with Crippen molar-refractivity contribution < 1.29 is 0 Å². The van der Waals surface area contributed by atoms with Crippen molar-refractivity contribution in [1.82, 2.24) is 19.6 Å². The lowest BCUT2D eigenvalue weighted by molar-refractivity contribution is 0.840. The Labute approximate surface area is 140 Å². The van der Waals surface area contributed by atoms with Crippen LogP contribution in [0.4, 0.5) is 0 Å². The van der Waals surface area contributed by atoms with Crippen LogP contribution in [0.15, 0.2) is 81.7 Å². The van der Waals surface area contributed by atoms with Crippen molar-refractivity contribution in [3.8, 4) is 11.1 Å². The van der Waals surface area contributed by atoms with Gasteiger partial charge in [0.25, 0.3) is 0 Å². The smallest absolute Gasteiger partial charge is 0.296 e. The summed E-state index contributed by atoms with van der Waals surface area (Å²) in [6, 6.07) is 18.4. The molecule has 1 N–H and O–H groups in total. The lowest BCUT2D eigenvalue weighted by Gasteiger charge is -2.08. The van der Waals surface area contributed by atoms with Gasteiger partial charge in [-0.3, -0.25) is 4.98 Å². The van der Waals surface area contributed by atoms with Crippen molar-refractivity contribution in [2.75, 3.05) is 0 Å². The third-order valence-electron chi connectivity index (χ3n) is 3.79. The predicted molar refractivity (Wildman–Crippen MR) is 96.7 cm³/mol. The summed E-state index contributed by atoms with van der Waals surface area (Å²) < 4.78 is 1.26. The lowest BCUT2D eigenvalue weighted by Crippen LogP contribution is -2.17. The van der Waals surface area contributed by atoms with Crippen LogP contribution in [-0.2, 0) is 0 Å². The number of hydrogen-bond acceptors (Lipinski definition) is 3. The van der Waals surface area contributed by atoms with Crippen LogP contribution in [0.2, 0.25) is 0 Å². The van der Waals surface area contributed by atoms with Crippen molar-refractivity contribution in [1.29, 1.82) is 0 Å². The Morgan fingerprint density at radius 3 is 2.46 bits per heavy atom. The molecule has 0 saturated heterocycles. The number of H-pyrrole nitrogens is 1. The Kier molecular flexibility index (Phi) is 3.59. The summed E-state index contributed by atoms with van der Waals surface area (Å²) in [7, 11) is -0.224. The van der Waals surface area contributed by atoms with Gasteiger partial charge in [0.05, 0.1) is 12.5 Å². The largest absolute Gasteiger partial charge is 0.349 e. The van der Waals surface area contributed by atoms with Crippen LogP contribution in [0, 0.1) is 0 Å². The fourth-order valence-corrected chi connectivity index (χ4v) is 3.77. The van der Waals surface area contributed by atoms with Gasteiger partial charge in [0.15, 0.2) is 5.65 Å². The second kappa shape index (κ2) is 5.90. The van der Waals surface area contributed by atoms with Crippen LogP contribution in [0.5, 0.6) is 0 Å². The van der Waals surface area contributed by atoms with E-state index in [0.717, 1.165) is 16.0 Å². The van der Waals surface area contributed by atoms with Gasteiger partial charge in [0.2, 0.25) is 0 Å². The van der Waals surface area contributed by atoms with E-state index >= 15 is 0 Å². The number of benzene rings is 2. The second-order valence-electron chi connectivity index (χ2n) is 5.23. The zero-order valence-corrected chi connectivity index (χ0v) is 13.5. The molecule has 1 atom stereocenters. The van der Waals surface area contributed by atoms with Crippen molar-refractivity contribution >= 4 is 22.0 Å². The molecule has 0 bridgehead atoms. The highest BCUT2D eigenvalue weighted by atomic mass is 32.2. The number of aromatic amines is 1. The van der Waals surface area contributed by atoms with Gasteiger partial charge in [-0.05, 0) is 29.8 Å². The summed E-state index contributed by atoms with van der Waals surface area (Å²) in [5, 5.41) is 4.10. The maximum atomic E-state index is 11.7. The molecule has 0 spiro atoms. The van der Waals surface area contributed by atoms with Gasteiger partial charge in [-0.2, -0.15) is 9.61 Å². The molecule has 0 aliphatic rings. The van der Waals surface area contributed by atoms with Crippen molar-refractivity contribution in [3.05, 3.63) is 77.6 Å². The van der Waals surface area contributed by atoms with E-state index in [2.05, 4.69) is 45.2 Å². The summed E-state index contributed by atoms with van der Waals surface area (Å²) in [6.07, 6.45) is 3.05. The van der Waals surface area contributed by atoms with Crippen molar-refractivity contribution in [3.63, 3.8) is 0 Å². The van der Waals surface area contributed by atoms with Crippen LogP contribution >= 0.6 is 10.5 Å². The Morgan fingerprint density at radius 2 is 1.71 bits per heavy atom. The minimum absolute atomic E-state index is 0.224. The number of rotatable bonds is 3. The molecule has 4 rings (SSSR count). The highest BCUT2D eigenvalue weighted by molar-refractivity contribution is 8.14. The van der Waals surface area contributed by atoms with E-state index in [1.807, 2.05) is 30.3 Å². The molecule has 0 aliphatic carbocycles.